The fourth-order valence-corrected chi connectivity index (χ4v) is 2.12. The number of nitrogens with zero attached hydrogens (tertiary/aromatic N) is 1. The lowest BCUT2D eigenvalue weighted by Crippen LogP contribution is -2.46. The van der Waals surface area contributed by atoms with Crippen LogP contribution in [-0.2, 0) is 25.7 Å². The van der Waals surface area contributed by atoms with E-state index in [0.29, 0.717) is 25.7 Å². The first-order chi connectivity index (χ1) is 12.6. The monoisotopic (exact) mass is 361 g/mol. The molecule has 0 saturated carbocycles. The van der Waals surface area contributed by atoms with Gasteiger partial charge in [-0.15, -0.1) is 0 Å². The van der Waals surface area contributed by atoms with Crippen LogP contribution >= 0.6 is 0 Å². The van der Waals surface area contributed by atoms with Crippen LogP contribution < -0.4 is 10.6 Å². The van der Waals surface area contributed by atoms with Gasteiger partial charge < -0.3 is 20.1 Å². The Hall–Kier alpha value is -3.08. The van der Waals surface area contributed by atoms with Crippen LogP contribution in [0.3, 0.4) is 0 Å². The number of benzene rings is 1. The van der Waals surface area contributed by atoms with Crippen LogP contribution in [0.5, 0.6) is 0 Å². The lowest BCUT2D eigenvalue weighted by molar-refractivity contribution is -0.145. The van der Waals surface area contributed by atoms with Crippen molar-refractivity contribution >= 4 is 18.0 Å². The van der Waals surface area contributed by atoms with Crippen LogP contribution in [0.15, 0.2) is 30.3 Å². The topological polar surface area (TPSA) is 118 Å². The van der Waals surface area contributed by atoms with Crippen molar-refractivity contribution in [3.8, 4) is 6.07 Å². The number of carbonyl (C=O) groups is 3. The number of amides is 2. The van der Waals surface area contributed by atoms with Gasteiger partial charge in [-0.05, 0) is 24.8 Å². The first-order valence-corrected chi connectivity index (χ1v) is 8.25. The summed E-state index contributed by atoms with van der Waals surface area (Å²) < 4.78 is 9.64. The Balaban J connectivity index is 2.33. The number of alkyl carbamates (subject to hydrolysis) is 1. The van der Waals surface area contributed by atoms with E-state index in [-0.39, 0.29) is 13.2 Å². The number of methoxy groups -OCH3 is 1. The first-order valence-electron chi connectivity index (χ1n) is 8.25. The van der Waals surface area contributed by atoms with Gasteiger partial charge in [0.05, 0.1) is 13.2 Å². The molecule has 0 aromatic heterocycles. The maximum absolute atomic E-state index is 11.9. The van der Waals surface area contributed by atoms with Crippen LogP contribution in [0.2, 0.25) is 0 Å². The lowest BCUT2D eigenvalue weighted by atomic mass is 10.1. The molecule has 2 N–H and O–H groups in total. The van der Waals surface area contributed by atoms with Gasteiger partial charge in [0, 0.05) is 6.42 Å². The van der Waals surface area contributed by atoms with Gasteiger partial charge in [-0.3, -0.25) is 4.79 Å². The minimum absolute atomic E-state index is 0.0952. The molecule has 1 rings (SSSR count). The quantitative estimate of drug-likeness (QED) is 0.483. The zero-order chi connectivity index (χ0) is 19.2. The molecule has 8 heteroatoms. The molecule has 1 aromatic rings. The van der Waals surface area contributed by atoms with E-state index in [1.807, 2.05) is 36.4 Å². The standard InChI is InChI=1S/C18H23N3O5/c1-25-17(23)15(10-6-3-7-11-19)21-16(22)12-20-18(24)26-13-14-8-4-2-5-9-14/h2,4-5,8-9,15H,3,6-7,10,12-13H2,1H3,(H,20,24)(H,21,22)/t15-/m1/s1. The summed E-state index contributed by atoms with van der Waals surface area (Å²) in [6.07, 6.45) is 1.24. The van der Waals surface area contributed by atoms with Crippen LogP contribution in [-0.4, -0.2) is 37.7 Å². The van der Waals surface area contributed by atoms with Gasteiger partial charge in [0.1, 0.15) is 19.2 Å². The van der Waals surface area contributed by atoms with E-state index in [4.69, 9.17) is 10.00 Å². The first kappa shape index (κ1) is 21.0. The Kier molecular flexibility index (Phi) is 9.92. The Morgan fingerprint density at radius 3 is 2.58 bits per heavy atom. The molecule has 2 amide bonds. The van der Waals surface area contributed by atoms with Crippen molar-refractivity contribution in [1.29, 1.82) is 5.26 Å². The molecule has 1 atom stereocenters. The smallest absolute Gasteiger partial charge is 0.407 e. The molecule has 8 nitrogen and oxygen atoms in total. The molecule has 140 valence electrons. The molecule has 0 aliphatic carbocycles. The predicted octanol–water partition coefficient (Wildman–Crippen LogP) is 1.65. The molecule has 0 aliphatic heterocycles. The molecule has 0 fully saturated rings. The normalized spacial score (nSPS) is 10.9. The van der Waals surface area contributed by atoms with Gasteiger partial charge in [0.25, 0.3) is 0 Å². The van der Waals surface area contributed by atoms with Crippen molar-refractivity contribution in [3.63, 3.8) is 0 Å². The molecule has 0 unspecified atom stereocenters. The van der Waals surface area contributed by atoms with E-state index in [2.05, 4.69) is 15.4 Å². The maximum atomic E-state index is 11.9. The second-order valence-electron chi connectivity index (χ2n) is 5.46. The summed E-state index contributed by atoms with van der Waals surface area (Å²) in [6.45, 7) is -0.225. The molecule has 0 radical (unpaired) electrons. The third-order valence-electron chi connectivity index (χ3n) is 3.46. The maximum Gasteiger partial charge on any atom is 0.407 e. The fourth-order valence-electron chi connectivity index (χ4n) is 2.12. The van der Waals surface area contributed by atoms with E-state index < -0.39 is 24.0 Å². The highest BCUT2D eigenvalue weighted by molar-refractivity contribution is 5.87. The largest absolute Gasteiger partial charge is 0.467 e. The highest BCUT2D eigenvalue weighted by Crippen LogP contribution is 2.05. The van der Waals surface area contributed by atoms with Gasteiger partial charge in [0.15, 0.2) is 0 Å². The zero-order valence-corrected chi connectivity index (χ0v) is 14.7. The summed E-state index contributed by atoms with van der Waals surface area (Å²) in [5.41, 5.74) is 0.829. The summed E-state index contributed by atoms with van der Waals surface area (Å²) in [5.74, 6) is -1.10. The van der Waals surface area contributed by atoms with E-state index in [1.165, 1.54) is 7.11 Å². The summed E-state index contributed by atoms with van der Waals surface area (Å²) in [6, 6.07) is 10.3. The number of carbonyl (C=O) groups excluding carboxylic acids is 3. The van der Waals surface area contributed by atoms with Crippen molar-refractivity contribution in [1.82, 2.24) is 10.6 Å². The van der Waals surface area contributed by atoms with Gasteiger partial charge in [0.2, 0.25) is 5.91 Å². The second-order valence-corrected chi connectivity index (χ2v) is 5.46. The van der Waals surface area contributed by atoms with Crippen molar-refractivity contribution in [3.05, 3.63) is 35.9 Å². The van der Waals surface area contributed by atoms with E-state index in [0.717, 1.165) is 5.56 Å². The van der Waals surface area contributed by atoms with E-state index >= 15 is 0 Å². The van der Waals surface area contributed by atoms with Crippen LogP contribution in [0.4, 0.5) is 4.79 Å². The minimum Gasteiger partial charge on any atom is -0.467 e. The minimum atomic E-state index is -0.812. The Morgan fingerprint density at radius 1 is 1.19 bits per heavy atom. The highest BCUT2D eigenvalue weighted by atomic mass is 16.5. The van der Waals surface area contributed by atoms with E-state index in [1.54, 1.807) is 0 Å². The summed E-state index contributed by atoms with van der Waals surface area (Å²) in [5, 5.41) is 13.3. The number of nitriles is 1. The molecular weight excluding hydrogens is 338 g/mol. The van der Waals surface area contributed by atoms with Gasteiger partial charge >= 0.3 is 12.1 Å². The van der Waals surface area contributed by atoms with Gasteiger partial charge in [-0.25, -0.2) is 9.59 Å². The van der Waals surface area contributed by atoms with Crippen molar-refractivity contribution in [2.75, 3.05) is 13.7 Å². The summed E-state index contributed by atoms with van der Waals surface area (Å²) in [4.78, 5) is 35.2. The third-order valence-corrected chi connectivity index (χ3v) is 3.46. The van der Waals surface area contributed by atoms with Gasteiger partial charge in [-0.2, -0.15) is 5.26 Å². The number of rotatable bonds is 10. The average Bonchev–Trinajstić information content (AvgIpc) is 2.67. The Bertz CT molecular complexity index is 627. The number of ether oxygens (including phenoxy) is 2. The molecule has 26 heavy (non-hydrogen) atoms. The predicted molar refractivity (Wildman–Crippen MR) is 92.7 cm³/mol. The van der Waals surface area contributed by atoms with Crippen LogP contribution in [0.25, 0.3) is 0 Å². The van der Waals surface area contributed by atoms with Gasteiger partial charge in [-0.1, -0.05) is 30.3 Å². The van der Waals surface area contributed by atoms with Crippen LogP contribution in [0.1, 0.15) is 31.2 Å². The number of hydrogen-bond donors (Lipinski definition) is 2. The van der Waals surface area contributed by atoms with Crippen molar-refractivity contribution in [2.24, 2.45) is 0 Å². The number of esters is 1. The lowest BCUT2D eigenvalue weighted by Gasteiger charge is -2.16. The van der Waals surface area contributed by atoms with Crippen molar-refractivity contribution < 1.29 is 23.9 Å². The molecule has 0 aliphatic rings. The number of unbranched alkanes of at least 4 members (excludes halogenated alkanes) is 2. The number of nitrogens with one attached hydrogen (secondary N) is 2. The SMILES string of the molecule is COC(=O)[C@@H](CCCCC#N)NC(=O)CNC(=O)OCc1ccccc1. The highest BCUT2D eigenvalue weighted by Gasteiger charge is 2.21. The summed E-state index contributed by atoms with van der Waals surface area (Å²) >= 11 is 0. The Labute approximate surface area is 152 Å². The molecule has 0 bridgehead atoms. The molecular formula is C18H23N3O5. The summed E-state index contributed by atoms with van der Waals surface area (Å²) in [7, 11) is 1.23. The van der Waals surface area contributed by atoms with E-state index in [9.17, 15) is 14.4 Å². The third kappa shape index (κ3) is 8.68. The molecule has 0 heterocycles. The zero-order valence-electron chi connectivity index (χ0n) is 14.7. The Morgan fingerprint density at radius 2 is 1.92 bits per heavy atom. The molecule has 1 aromatic carbocycles. The fraction of sp³-hybridized carbons (Fsp3) is 0.444. The second kappa shape index (κ2) is 12.3. The number of hydrogen-bond acceptors (Lipinski definition) is 6. The van der Waals surface area contributed by atoms with Crippen LogP contribution in [0, 0.1) is 11.3 Å². The molecule has 0 saturated heterocycles. The van der Waals surface area contributed by atoms with Crippen molar-refractivity contribution in [2.45, 2.75) is 38.3 Å². The average molecular weight is 361 g/mol. The molecule has 0 spiro atoms.